The minimum atomic E-state index is -0.919. The molecule has 1 saturated heterocycles. The van der Waals surface area contributed by atoms with Gasteiger partial charge in [-0.3, -0.25) is 19.2 Å². The largest absolute Gasteiger partial charge is 0.459 e. The highest BCUT2D eigenvalue weighted by Crippen LogP contribution is 2.23. The van der Waals surface area contributed by atoms with Gasteiger partial charge in [0.2, 0.25) is 11.8 Å². The molecule has 1 aliphatic heterocycles. The number of Topliss-reactive ketones (excluding diaryl/α,β-unsaturated/α-hetero) is 1. The maximum Gasteiger partial charge on any atom is 0.330 e. The zero-order valence-corrected chi connectivity index (χ0v) is 25.8. The fourth-order valence-electron chi connectivity index (χ4n) is 5.39. The van der Waals surface area contributed by atoms with Crippen LogP contribution >= 0.6 is 0 Å². The molecule has 2 fully saturated rings. The second-order valence-electron chi connectivity index (χ2n) is 12.2. The molecule has 242 valence electrons. The fraction of sp³-hybridized carbons (Fsp3) is 0.515. The standard InChI is InChI=1S/C33H41FN4O7/c1-19(2)30(37-33(43)27-15-20(3)45-38-27)28(39)18-23(16-21-7-9-24(34)10-8-21)32(42)36-25(17-22-13-14-35-31(22)41)11-12-29(40)44-26-5-4-6-26/h7-12,15,19,22-23,25-26,30H,4-6,13-14,16-18H2,1-3H3,(H,35,41)(H,36,42)(H,37,43)/b12-11+/t22-,23+,25+,30-/m0/s1. The topological polar surface area (TPSA) is 157 Å². The van der Waals surface area contributed by atoms with Gasteiger partial charge in [0.1, 0.15) is 17.7 Å². The average Bonchev–Trinajstić information content (AvgIpc) is 3.60. The highest BCUT2D eigenvalue weighted by molar-refractivity contribution is 5.97. The predicted octanol–water partition coefficient (Wildman–Crippen LogP) is 3.36. The van der Waals surface area contributed by atoms with Crippen molar-refractivity contribution in [3.05, 3.63) is 65.3 Å². The number of carbonyl (C=O) groups is 5. The van der Waals surface area contributed by atoms with Crippen molar-refractivity contribution in [1.29, 1.82) is 0 Å². The normalized spacial score (nSPS) is 18.6. The summed E-state index contributed by atoms with van der Waals surface area (Å²) in [5, 5.41) is 12.1. The summed E-state index contributed by atoms with van der Waals surface area (Å²) in [5.41, 5.74) is 0.673. The van der Waals surface area contributed by atoms with E-state index >= 15 is 0 Å². The summed E-state index contributed by atoms with van der Waals surface area (Å²) in [6.45, 7) is 5.73. The molecule has 1 aliphatic carbocycles. The number of rotatable bonds is 15. The van der Waals surface area contributed by atoms with Gasteiger partial charge in [-0.25, -0.2) is 9.18 Å². The van der Waals surface area contributed by atoms with Crippen molar-refractivity contribution < 1.29 is 37.6 Å². The van der Waals surface area contributed by atoms with Crippen LogP contribution in [0.4, 0.5) is 4.39 Å². The van der Waals surface area contributed by atoms with Crippen molar-refractivity contribution in [3.8, 4) is 0 Å². The summed E-state index contributed by atoms with van der Waals surface area (Å²) in [7, 11) is 0. The summed E-state index contributed by atoms with van der Waals surface area (Å²) in [4.78, 5) is 65.0. The maximum atomic E-state index is 13.8. The van der Waals surface area contributed by atoms with E-state index < -0.39 is 41.6 Å². The Morgan fingerprint density at radius 3 is 2.44 bits per heavy atom. The van der Waals surface area contributed by atoms with Gasteiger partial charge in [0.15, 0.2) is 11.5 Å². The molecule has 2 aromatic rings. The minimum Gasteiger partial charge on any atom is -0.459 e. The average molecular weight is 625 g/mol. The van der Waals surface area contributed by atoms with Crippen molar-refractivity contribution in [2.45, 2.75) is 83.9 Å². The molecule has 1 aromatic carbocycles. The number of esters is 1. The van der Waals surface area contributed by atoms with Crippen LogP contribution in [0.5, 0.6) is 0 Å². The van der Waals surface area contributed by atoms with Gasteiger partial charge in [-0.1, -0.05) is 37.2 Å². The number of ketones is 1. The van der Waals surface area contributed by atoms with Gasteiger partial charge in [-0.15, -0.1) is 0 Å². The Kier molecular flexibility index (Phi) is 11.6. The summed E-state index contributed by atoms with van der Waals surface area (Å²) in [6, 6.07) is 5.50. The molecule has 11 nitrogen and oxygen atoms in total. The third kappa shape index (κ3) is 9.82. The number of halogens is 1. The van der Waals surface area contributed by atoms with Crippen LogP contribution in [0.25, 0.3) is 0 Å². The van der Waals surface area contributed by atoms with Gasteiger partial charge in [0.25, 0.3) is 5.91 Å². The van der Waals surface area contributed by atoms with E-state index in [1.54, 1.807) is 32.9 Å². The third-order valence-corrected chi connectivity index (χ3v) is 8.20. The van der Waals surface area contributed by atoms with E-state index in [9.17, 15) is 28.4 Å². The molecule has 3 N–H and O–H groups in total. The minimum absolute atomic E-state index is 0.0352. The van der Waals surface area contributed by atoms with Gasteiger partial charge in [-0.2, -0.15) is 0 Å². The van der Waals surface area contributed by atoms with Crippen molar-refractivity contribution in [2.75, 3.05) is 6.54 Å². The molecular weight excluding hydrogens is 583 g/mol. The molecule has 0 spiro atoms. The van der Waals surface area contributed by atoms with E-state index in [1.165, 1.54) is 30.4 Å². The number of aryl methyl sites for hydroxylation is 1. The highest BCUT2D eigenvalue weighted by atomic mass is 19.1. The monoisotopic (exact) mass is 624 g/mol. The molecule has 45 heavy (non-hydrogen) atoms. The Hall–Kier alpha value is -4.35. The Morgan fingerprint density at radius 2 is 1.87 bits per heavy atom. The second-order valence-corrected chi connectivity index (χ2v) is 12.2. The van der Waals surface area contributed by atoms with E-state index in [0.29, 0.717) is 24.3 Å². The second kappa shape index (κ2) is 15.6. The summed E-state index contributed by atoms with van der Waals surface area (Å²) in [6.07, 6.45) is 6.06. The fourth-order valence-corrected chi connectivity index (χ4v) is 5.39. The molecule has 0 bridgehead atoms. The van der Waals surface area contributed by atoms with Crippen LogP contribution in [0, 0.1) is 30.5 Å². The Balaban J connectivity index is 1.52. The first-order chi connectivity index (χ1) is 21.5. The Morgan fingerprint density at radius 1 is 1.13 bits per heavy atom. The van der Waals surface area contributed by atoms with E-state index in [2.05, 4.69) is 21.1 Å². The predicted molar refractivity (Wildman–Crippen MR) is 161 cm³/mol. The quantitative estimate of drug-likeness (QED) is 0.201. The van der Waals surface area contributed by atoms with Crippen LogP contribution in [0.15, 0.2) is 47.0 Å². The molecule has 0 unspecified atom stereocenters. The number of ether oxygens (including phenoxy) is 1. The first-order valence-electron chi connectivity index (χ1n) is 15.5. The number of benzene rings is 1. The number of hydrogen-bond donors (Lipinski definition) is 3. The molecular formula is C33H41FN4O7. The van der Waals surface area contributed by atoms with Gasteiger partial charge >= 0.3 is 5.97 Å². The molecule has 1 aromatic heterocycles. The maximum absolute atomic E-state index is 13.8. The molecule has 4 atom stereocenters. The zero-order valence-electron chi connectivity index (χ0n) is 25.8. The van der Waals surface area contributed by atoms with Gasteiger partial charge in [0.05, 0.1) is 6.04 Å². The van der Waals surface area contributed by atoms with Gasteiger partial charge < -0.3 is 25.2 Å². The van der Waals surface area contributed by atoms with Crippen LogP contribution in [0.2, 0.25) is 0 Å². The van der Waals surface area contributed by atoms with Crippen LogP contribution in [-0.4, -0.2) is 59.4 Å². The lowest BCUT2D eigenvalue weighted by atomic mass is 9.87. The van der Waals surface area contributed by atoms with Crippen molar-refractivity contribution in [1.82, 2.24) is 21.1 Å². The van der Waals surface area contributed by atoms with Crippen LogP contribution in [-0.2, 0) is 30.3 Å². The van der Waals surface area contributed by atoms with Crippen molar-refractivity contribution >= 4 is 29.5 Å². The summed E-state index contributed by atoms with van der Waals surface area (Å²) in [5.74, 6) is -3.63. The van der Waals surface area contributed by atoms with E-state index in [0.717, 1.165) is 19.3 Å². The number of nitrogens with zero attached hydrogens (tertiary/aromatic N) is 1. The lowest BCUT2D eigenvalue weighted by molar-refractivity contribution is -0.146. The summed E-state index contributed by atoms with van der Waals surface area (Å²) < 4.78 is 24.0. The molecule has 0 radical (unpaired) electrons. The molecule has 1 saturated carbocycles. The Labute approximate surface area is 261 Å². The molecule has 3 amide bonds. The summed E-state index contributed by atoms with van der Waals surface area (Å²) >= 11 is 0. The Bertz CT molecular complexity index is 1400. The van der Waals surface area contributed by atoms with E-state index in [-0.39, 0.29) is 54.6 Å². The molecule has 2 aliphatic rings. The van der Waals surface area contributed by atoms with Crippen LogP contribution in [0.3, 0.4) is 0 Å². The molecule has 2 heterocycles. The third-order valence-electron chi connectivity index (χ3n) is 8.20. The lowest BCUT2D eigenvalue weighted by Crippen LogP contribution is -2.47. The number of nitrogens with one attached hydrogen (secondary N) is 3. The highest BCUT2D eigenvalue weighted by Gasteiger charge is 2.33. The number of aromatic nitrogens is 1. The van der Waals surface area contributed by atoms with Crippen LogP contribution in [0.1, 0.15) is 74.2 Å². The van der Waals surface area contributed by atoms with Crippen molar-refractivity contribution in [3.63, 3.8) is 0 Å². The number of amides is 3. The van der Waals surface area contributed by atoms with Gasteiger partial charge in [-0.05, 0) is 69.1 Å². The molecule has 4 rings (SSSR count). The lowest BCUT2D eigenvalue weighted by Gasteiger charge is -2.26. The van der Waals surface area contributed by atoms with E-state index in [4.69, 9.17) is 9.26 Å². The van der Waals surface area contributed by atoms with Crippen molar-refractivity contribution in [2.24, 2.45) is 17.8 Å². The zero-order chi connectivity index (χ0) is 32.5. The smallest absolute Gasteiger partial charge is 0.330 e. The first kappa shape index (κ1) is 33.5. The SMILES string of the molecule is Cc1cc(C(=O)N[C@H](C(=O)C[C@@H](Cc2ccc(F)cc2)C(=O)N[C@H](/C=C/C(=O)OC2CCC2)C[C@@H]2CCNC2=O)C(C)C)no1. The number of carbonyl (C=O) groups excluding carboxylic acids is 5. The van der Waals surface area contributed by atoms with E-state index in [1.807, 2.05) is 0 Å². The van der Waals surface area contributed by atoms with Gasteiger partial charge in [0, 0.05) is 43.0 Å². The molecule has 12 heteroatoms. The number of hydrogen-bond acceptors (Lipinski definition) is 8. The van der Waals surface area contributed by atoms with Crippen LogP contribution < -0.4 is 16.0 Å². The first-order valence-corrected chi connectivity index (χ1v) is 15.5.